The number of rotatable bonds is 9. The van der Waals surface area contributed by atoms with Gasteiger partial charge in [-0.1, -0.05) is 48.0 Å². The first-order valence-corrected chi connectivity index (χ1v) is 11.4. The summed E-state index contributed by atoms with van der Waals surface area (Å²) in [6.07, 6.45) is 1.59. The smallest absolute Gasteiger partial charge is 0.297 e. The van der Waals surface area contributed by atoms with Crippen LogP contribution in [0.3, 0.4) is 0 Å². The van der Waals surface area contributed by atoms with Crippen molar-refractivity contribution in [2.75, 3.05) is 20.3 Å². The van der Waals surface area contributed by atoms with Gasteiger partial charge in [-0.05, 0) is 48.9 Å². The van der Waals surface area contributed by atoms with Crippen LogP contribution in [-0.2, 0) is 7.05 Å². The summed E-state index contributed by atoms with van der Waals surface area (Å²) in [6, 6.07) is 22.4. The molecule has 0 aliphatic heterocycles. The highest BCUT2D eigenvalue weighted by molar-refractivity contribution is 6.32. The van der Waals surface area contributed by atoms with Crippen molar-refractivity contribution in [3.8, 4) is 22.9 Å². The summed E-state index contributed by atoms with van der Waals surface area (Å²) >= 11 is 6.49. The van der Waals surface area contributed by atoms with E-state index in [0.717, 1.165) is 17.1 Å². The van der Waals surface area contributed by atoms with Gasteiger partial charge in [0.15, 0.2) is 17.2 Å². The predicted octanol–water partition coefficient (Wildman–Crippen LogP) is 5.35. The molecule has 0 amide bonds. The standard InChI is InChI=1S/C27H26ClN3O4/c1-19-25(27(32)31(30(19)2)21-10-6-4-7-11-21)29-18-20-16-23(28)26(24(17-20)33-3)35-15-14-34-22-12-8-5-9-13-22/h4-13,16-18H,14-15H2,1-3H3. The Morgan fingerprint density at radius 2 is 1.63 bits per heavy atom. The van der Waals surface area contributed by atoms with Crippen LogP contribution >= 0.6 is 11.6 Å². The van der Waals surface area contributed by atoms with Gasteiger partial charge in [-0.25, -0.2) is 9.67 Å². The minimum atomic E-state index is -0.205. The van der Waals surface area contributed by atoms with Crippen LogP contribution in [0.2, 0.25) is 5.02 Å². The molecule has 0 atom stereocenters. The van der Waals surface area contributed by atoms with E-state index in [1.807, 2.05) is 74.6 Å². The fourth-order valence-electron chi connectivity index (χ4n) is 3.62. The molecule has 35 heavy (non-hydrogen) atoms. The topological polar surface area (TPSA) is 67.0 Å². The molecule has 7 nitrogen and oxygen atoms in total. The maximum Gasteiger partial charge on any atom is 0.297 e. The number of ether oxygens (including phenoxy) is 3. The summed E-state index contributed by atoms with van der Waals surface area (Å²) in [6.45, 7) is 2.50. The second-order valence-corrected chi connectivity index (χ2v) is 8.12. The van der Waals surface area contributed by atoms with Crippen LogP contribution in [0, 0.1) is 6.92 Å². The maximum atomic E-state index is 13.1. The lowest BCUT2D eigenvalue weighted by Gasteiger charge is -2.13. The summed E-state index contributed by atoms with van der Waals surface area (Å²) in [4.78, 5) is 17.6. The summed E-state index contributed by atoms with van der Waals surface area (Å²) in [7, 11) is 3.37. The molecule has 3 aromatic carbocycles. The van der Waals surface area contributed by atoms with Gasteiger partial charge in [-0.15, -0.1) is 0 Å². The van der Waals surface area contributed by atoms with E-state index in [1.54, 1.807) is 34.8 Å². The average molecular weight is 492 g/mol. The molecule has 1 aromatic heterocycles. The molecule has 8 heteroatoms. The number of para-hydroxylation sites is 2. The molecule has 0 unspecified atom stereocenters. The minimum Gasteiger partial charge on any atom is -0.493 e. The van der Waals surface area contributed by atoms with E-state index in [1.165, 1.54) is 0 Å². The van der Waals surface area contributed by atoms with Crippen LogP contribution in [0.4, 0.5) is 5.69 Å². The molecule has 0 N–H and O–H groups in total. The third-order valence-electron chi connectivity index (χ3n) is 5.46. The molecule has 0 aliphatic carbocycles. The van der Waals surface area contributed by atoms with Crippen LogP contribution in [-0.4, -0.2) is 35.9 Å². The average Bonchev–Trinajstić information content (AvgIpc) is 3.09. The van der Waals surface area contributed by atoms with Crippen molar-refractivity contribution in [1.82, 2.24) is 9.36 Å². The number of methoxy groups -OCH3 is 1. The highest BCUT2D eigenvalue weighted by Crippen LogP contribution is 2.36. The van der Waals surface area contributed by atoms with E-state index >= 15 is 0 Å². The van der Waals surface area contributed by atoms with Crippen molar-refractivity contribution < 1.29 is 14.2 Å². The van der Waals surface area contributed by atoms with E-state index in [0.29, 0.717) is 41.0 Å². The predicted molar refractivity (Wildman–Crippen MR) is 138 cm³/mol. The van der Waals surface area contributed by atoms with E-state index in [2.05, 4.69) is 4.99 Å². The minimum absolute atomic E-state index is 0.205. The summed E-state index contributed by atoms with van der Waals surface area (Å²) in [5.74, 6) is 1.65. The van der Waals surface area contributed by atoms with Gasteiger partial charge in [-0.3, -0.25) is 9.48 Å². The molecule has 0 spiro atoms. The summed E-state index contributed by atoms with van der Waals surface area (Å²) in [5.41, 5.74) is 2.33. The lowest BCUT2D eigenvalue weighted by Crippen LogP contribution is -2.19. The van der Waals surface area contributed by atoms with Crippen molar-refractivity contribution in [2.24, 2.45) is 12.0 Å². The Balaban J connectivity index is 1.52. The zero-order valence-corrected chi connectivity index (χ0v) is 20.5. The van der Waals surface area contributed by atoms with E-state index in [4.69, 9.17) is 25.8 Å². The van der Waals surface area contributed by atoms with Gasteiger partial charge in [-0.2, -0.15) is 0 Å². The number of benzene rings is 3. The number of hydrogen-bond acceptors (Lipinski definition) is 5. The Hall–Kier alpha value is -3.97. The van der Waals surface area contributed by atoms with Crippen molar-refractivity contribution >= 4 is 23.5 Å². The van der Waals surface area contributed by atoms with Gasteiger partial charge in [0.1, 0.15) is 19.0 Å². The molecular formula is C27H26ClN3O4. The lowest BCUT2D eigenvalue weighted by atomic mass is 10.2. The van der Waals surface area contributed by atoms with Crippen LogP contribution in [0.5, 0.6) is 17.2 Å². The Morgan fingerprint density at radius 1 is 0.971 bits per heavy atom. The molecule has 4 aromatic rings. The Kier molecular flexibility index (Phi) is 7.57. The fraction of sp³-hybridized carbons (Fsp3) is 0.185. The number of aromatic nitrogens is 2. The van der Waals surface area contributed by atoms with Crippen LogP contribution in [0.25, 0.3) is 5.69 Å². The first-order chi connectivity index (χ1) is 17.0. The zero-order valence-electron chi connectivity index (χ0n) is 19.8. The van der Waals surface area contributed by atoms with Gasteiger partial charge < -0.3 is 14.2 Å². The Labute approximate surface area is 208 Å². The van der Waals surface area contributed by atoms with Crippen LogP contribution in [0.1, 0.15) is 11.3 Å². The van der Waals surface area contributed by atoms with Crippen molar-refractivity contribution in [1.29, 1.82) is 0 Å². The molecule has 1 heterocycles. The molecule has 0 fully saturated rings. The largest absolute Gasteiger partial charge is 0.493 e. The fourth-order valence-corrected chi connectivity index (χ4v) is 3.89. The summed E-state index contributed by atoms with van der Waals surface area (Å²) < 4.78 is 20.3. The van der Waals surface area contributed by atoms with E-state index in [-0.39, 0.29) is 5.56 Å². The lowest BCUT2D eigenvalue weighted by molar-refractivity contribution is 0.211. The number of aliphatic imine (C=N–C) groups is 1. The van der Waals surface area contributed by atoms with Crippen LogP contribution in [0.15, 0.2) is 82.6 Å². The van der Waals surface area contributed by atoms with Gasteiger partial charge >= 0.3 is 0 Å². The SMILES string of the molecule is COc1cc(C=Nc2c(C)n(C)n(-c3ccccc3)c2=O)cc(Cl)c1OCCOc1ccccc1. The van der Waals surface area contributed by atoms with Gasteiger partial charge in [0.2, 0.25) is 0 Å². The van der Waals surface area contributed by atoms with Gasteiger partial charge in [0.25, 0.3) is 5.56 Å². The number of nitrogens with zero attached hydrogens (tertiary/aromatic N) is 3. The maximum absolute atomic E-state index is 13.1. The van der Waals surface area contributed by atoms with Crippen molar-refractivity contribution in [2.45, 2.75) is 6.92 Å². The molecule has 4 rings (SSSR count). The normalized spacial score (nSPS) is 11.1. The monoisotopic (exact) mass is 491 g/mol. The second-order valence-electron chi connectivity index (χ2n) is 7.71. The van der Waals surface area contributed by atoms with Gasteiger partial charge in [0, 0.05) is 13.3 Å². The molecule has 0 saturated heterocycles. The molecule has 0 bridgehead atoms. The summed E-state index contributed by atoms with van der Waals surface area (Å²) in [5, 5.41) is 0.372. The quantitative estimate of drug-likeness (QED) is 0.234. The van der Waals surface area contributed by atoms with Gasteiger partial charge in [0.05, 0.1) is 23.5 Å². The van der Waals surface area contributed by atoms with E-state index in [9.17, 15) is 4.79 Å². The molecular weight excluding hydrogens is 466 g/mol. The first-order valence-electron chi connectivity index (χ1n) is 11.1. The first kappa shape index (κ1) is 24.2. The number of halogens is 1. The highest BCUT2D eigenvalue weighted by atomic mass is 35.5. The zero-order chi connectivity index (χ0) is 24.8. The second kappa shape index (κ2) is 11.0. The molecule has 0 aliphatic rings. The van der Waals surface area contributed by atoms with Crippen molar-refractivity contribution in [3.05, 3.63) is 99.4 Å². The molecule has 180 valence electrons. The molecule has 0 saturated carbocycles. The highest BCUT2D eigenvalue weighted by Gasteiger charge is 2.16. The Morgan fingerprint density at radius 3 is 2.31 bits per heavy atom. The molecule has 0 radical (unpaired) electrons. The van der Waals surface area contributed by atoms with Crippen molar-refractivity contribution in [3.63, 3.8) is 0 Å². The third kappa shape index (κ3) is 5.41. The Bertz CT molecular complexity index is 1380. The van der Waals surface area contributed by atoms with Crippen LogP contribution < -0.4 is 19.8 Å². The number of hydrogen-bond donors (Lipinski definition) is 0. The van der Waals surface area contributed by atoms with E-state index < -0.39 is 0 Å². The third-order valence-corrected chi connectivity index (χ3v) is 5.74.